The minimum Gasteiger partial charge on any atom is -0.465 e. The van der Waals surface area contributed by atoms with Gasteiger partial charge in [0, 0.05) is 18.7 Å². The Labute approximate surface area is 155 Å². The van der Waals surface area contributed by atoms with Gasteiger partial charge in [-0.15, -0.1) is 13.2 Å². The maximum absolute atomic E-state index is 12.2. The first kappa shape index (κ1) is 21.2. The zero-order valence-electron chi connectivity index (χ0n) is 15.2. The van der Waals surface area contributed by atoms with E-state index < -0.39 is 5.97 Å². The Morgan fingerprint density at radius 1 is 1.23 bits per heavy atom. The van der Waals surface area contributed by atoms with E-state index in [4.69, 9.17) is 4.74 Å². The average molecular weight is 354 g/mol. The fraction of sp³-hybridized carbons (Fsp3) is 0.333. The van der Waals surface area contributed by atoms with E-state index in [0.29, 0.717) is 13.1 Å². The van der Waals surface area contributed by atoms with Crippen molar-refractivity contribution in [2.45, 2.75) is 19.4 Å². The molecule has 0 saturated carbocycles. The molecule has 1 aromatic rings. The standard InChI is InChI=1S/C21H26N2O3/c1-4-14-23(15-5-2)19(13-12-18-10-8-7-9-11-18)16-20(24)22-17-21(25)26-6-3/h4-5,7-11,19H,1-2,6,14-17H2,3H3,(H,22,24). The summed E-state index contributed by atoms with van der Waals surface area (Å²) in [6.07, 6.45) is 3.66. The van der Waals surface area contributed by atoms with Gasteiger partial charge in [-0.05, 0) is 19.1 Å². The highest BCUT2D eigenvalue weighted by atomic mass is 16.5. The number of esters is 1. The van der Waals surface area contributed by atoms with Crippen molar-refractivity contribution < 1.29 is 14.3 Å². The van der Waals surface area contributed by atoms with Gasteiger partial charge in [0.05, 0.1) is 19.1 Å². The highest BCUT2D eigenvalue weighted by molar-refractivity contribution is 5.82. The molecule has 1 unspecified atom stereocenters. The van der Waals surface area contributed by atoms with Crippen molar-refractivity contribution in [3.8, 4) is 11.8 Å². The number of amides is 1. The normalized spacial score (nSPS) is 11.0. The van der Waals surface area contributed by atoms with E-state index in [9.17, 15) is 9.59 Å². The molecule has 0 fully saturated rings. The molecule has 0 aliphatic heterocycles. The lowest BCUT2D eigenvalue weighted by molar-refractivity contribution is -0.143. The molecule has 0 aromatic heterocycles. The SMILES string of the molecule is C=CCN(CC=C)C(C#Cc1ccccc1)CC(=O)NCC(=O)OCC. The first-order valence-corrected chi connectivity index (χ1v) is 8.55. The van der Waals surface area contributed by atoms with Crippen LogP contribution in [0.2, 0.25) is 0 Å². The van der Waals surface area contributed by atoms with Crippen LogP contribution in [0, 0.1) is 11.8 Å². The van der Waals surface area contributed by atoms with Gasteiger partial charge < -0.3 is 10.1 Å². The molecule has 0 heterocycles. The van der Waals surface area contributed by atoms with Gasteiger partial charge >= 0.3 is 5.97 Å². The van der Waals surface area contributed by atoms with Gasteiger partial charge in [0.15, 0.2) is 0 Å². The molecule has 26 heavy (non-hydrogen) atoms. The Hall–Kier alpha value is -2.84. The number of hydrogen-bond donors (Lipinski definition) is 1. The summed E-state index contributed by atoms with van der Waals surface area (Å²) in [5.74, 6) is 5.54. The van der Waals surface area contributed by atoms with Gasteiger partial charge in [-0.1, -0.05) is 42.2 Å². The van der Waals surface area contributed by atoms with Gasteiger partial charge in [-0.3, -0.25) is 14.5 Å². The third-order valence-electron chi connectivity index (χ3n) is 3.44. The molecular formula is C21H26N2O3. The van der Waals surface area contributed by atoms with E-state index >= 15 is 0 Å². The molecule has 1 N–H and O–H groups in total. The lowest BCUT2D eigenvalue weighted by atomic mass is 10.1. The van der Waals surface area contributed by atoms with E-state index in [1.54, 1.807) is 19.1 Å². The Bertz CT molecular complexity index is 649. The Balaban J connectivity index is 2.84. The van der Waals surface area contributed by atoms with Crippen molar-refractivity contribution in [1.29, 1.82) is 0 Å². The third-order valence-corrected chi connectivity index (χ3v) is 3.44. The number of nitrogens with one attached hydrogen (secondary N) is 1. The summed E-state index contributed by atoms with van der Waals surface area (Å²) >= 11 is 0. The minimum absolute atomic E-state index is 0.140. The number of ether oxygens (including phenoxy) is 1. The summed E-state index contributed by atoms with van der Waals surface area (Å²) in [4.78, 5) is 25.6. The molecule has 0 aliphatic rings. The number of rotatable bonds is 10. The van der Waals surface area contributed by atoms with Crippen molar-refractivity contribution >= 4 is 11.9 Å². The van der Waals surface area contributed by atoms with Crippen LogP contribution in [0.3, 0.4) is 0 Å². The highest BCUT2D eigenvalue weighted by Crippen LogP contribution is 2.06. The average Bonchev–Trinajstić information content (AvgIpc) is 2.64. The number of nitrogens with zero attached hydrogens (tertiary/aromatic N) is 1. The summed E-state index contributed by atoms with van der Waals surface area (Å²) in [5.41, 5.74) is 0.876. The molecule has 0 spiro atoms. The maximum Gasteiger partial charge on any atom is 0.325 e. The zero-order valence-corrected chi connectivity index (χ0v) is 15.2. The molecule has 5 nitrogen and oxygen atoms in total. The van der Waals surface area contributed by atoms with Crippen LogP contribution in [0.25, 0.3) is 0 Å². The Kier molecular flexibility index (Phi) is 10.2. The number of hydrogen-bond acceptors (Lipinski definition) is 4. The molecule has 5 heteroatoms. The molecular weight excluding hydrogens is 328 g/mol. The Morgan fingerprint density at radius 2 is 1.88 bits per heavy atom. The lowest BCUT2D eigenvalue weighted by Gasteiger charge is -2.25. The van der Waals surface area contributed by atoms with Crippen molar-refractivity contribution in [3.63, 3.8) is 0 Å². The van der Waals surface area contributed by atoms with Gasteiger partial charge in [0.1, 0.15) is 6.54 Å². The van der Waals surface area contributed by atoms with Gasteiger partial charge in [-0.25, -0.2) is 0 Å². The second-order valence-electron chi connectivity index (χ2n) is 5.47. The smallest absolute Gasteiger partial charge is 0.325 e. The number of carbonyl (C=O) groups excluding carboxylic acids is 2. The van der Waals surface area contributed by atoms with Crippen molar-refractivity contribution in [2.75, 3.05) is 26.2 Å². The van der Waals surface area contributed by atoms with E-state index in [1.807, 2.05) is 35.2 Å². The predicted molar refractivity (Wildman–Crippen MR) is 103 cm³/mol. The second-order valence-corrected chi connectivity index (χ2v) is 5.47. The van der Waals surface area contributed by atoms with E-state index in [1.165, 1.54) is 0 Å². The molecule has 1 atom stereocenters. The monoisotopic (exact) mass is 354 g/mol. The topological polar surface area (TPSA) is 58.6 Å². The molecule has 0 aliphatic carbocycles. The minimum atomic E-state index is -0.457. The van der Waals surface area contributed by atoms with Crippen molar-refractivity contribution in [2.24, 2.45) is 0 Å². The van der Waals surface area contributed by atoms with Crippen LogP contribution in [0.5, 0.6) is 0 Å². The molecule has 0 saturated heterocycles. The van der Waals surface area contributed by atoms with E-state index in [-0.39, 0.29) is 31.5 Å². The predicted octanol–water partition coefficient (Wildman–Crippen LogP) is 2.15. The second kappa shape index (κ2) is 12.5. The molecule has 1 amide bonds. The Morgan fingerprint density at radius 3 is 2.46 bits per heavy atom. The van der Waals surface area contributed by atoms with Crippen LogP contribution in [0.4, 0.5) is 0 Å². The summed E-state index contributed by atoms with van der Waals surface area (Å²) < 4.78 is 4.81. The van der Waals surface area contributed by atoms with Crippen LogP contribution in [0.15, 0.2) is 55.6 Å². The van der Waals surface area contributed by atoms with E-state index in [0.717, 1.165) is 5.56 Å². The van der Waals surface area contributed by atoms with E-state index in [2.05, 4.69) is 30.3 Å². The highest BCUT2D eigenvalue weighted by Gasteiger charge is 2.18. The zero-order chi connectivity index (χ0) is 19.2. The van der Waals surface area contributed by atoms with Crippen LogP contribution in [-0.4, -0.2) is 49.1 Å². The van der Waals surface area contributed by atoms with Gasteiger partial charge in [-0.2, -0.15) is 0 Å². The first-order chi connectivity index (χ1) is 12.6. The van der Waals surface area contributed by atoms with Gasteiger partial charge in [0.25, 0.3) is 0 Å². The fourth-order valence-corrected chi connectivity index (χ4v) is 2.25. The summed E-state index contributed by atoms with van der Waals surface area (Å²) in [7, 11) is 0. The molecule has 0 bridgehead atoms. The quantitative estimate of drug-likeness (QED) is 0.397. The molecule has 138 valence electrons. The van der Waals surface area contributed by atoms with Crippen molar-refractivity contribution in [1.82, 2.24) is 10.2 Å². The van der Waals surface area contributed by atoms with Crippen molar-refractivity contribution in [3.05, 3.63) is 61.2 Å². The van der Waals surface area contributed by atoms with Crippen LogP contribution < -0.4 is 5.32 Å². The fourth-order valence-electron chi connectivity index (χ4n) is 2.25. The lowest BCUT2D eigenvalue weighted by Crippen LogP contribution is -2.40. The summed E-state index contributed by atoms with van der Waals surface area (Å²) in [6, 6.07) is 9.25. The van der Waals surface area contributed by atoms with Crippen LogP contribution in [0.1, 0.15) is 18.9 Å². The molecule has 0 radical (unpaired) electrons. The maximum atomic E-state index is 12.2. The third kappa shape index (κ3) is 8.32. The number of carbonyl (C=O) groups is 2. The molecule has 1 rings (SSSR count). The first-order valence-electron chi connectivity index (χ1n) is 8.55. The largest absolute Gasteiger partial charge is 0.465 e. The summed E-state index contributed by atoms with van der Waals surface area (Å²) in [5, 5.41) is 2.58. The number of benzene rings is 1. The van der Waals surface area contributed by atoms with Crippen LogP contribution in [-0.2, 0) is 14.3 Å². The molecule has 1 aromatic carbocycles. The summed E-state index contributed by atoms with van der Waals surface area (Å²) in [6.45, 7) is 10.5. The van der Waals surface area contributed by atoms with Gasteiger partial charge in [0.2, 0.25) is 5.91 Å². The van der Waals surface area contributed by atoms with Crippen LogP contribution >= 0.6 is 0 Å².